The third-order valence-electron chi connectivity index (χ3n) is 3.26. The number of benzene rings is 1. The van der Waals surface area contributed by atoms with Crippen LogP contribution in [0.3, 0.4) is 0 Å². The molecular weight excluding hydrogens is 340 g/mol. The fraction of sp³-hybridized carbons (Fsp3) is 0.471. The average molecular weight is 364 g/mol. The van der Waals surface area contributed by atoms with E-state index >= 15 is 0 Å². The van der Waals surface area contributed by atoms with E-state index in [1.165, 1.54) is 11.8 Å². The summed E-state index contributed by atoms with van der Waals surface area (Å²) in [5, 5.41) is 11.5. The molecule has 0 aliphatic rings. The van der Waals surface area contributed by atoms with Gasteiger partial charge in [0, 0.05) is 17.8 Å². The number of anilines is 1. The maximum Gasteiger partial charge on any atom is 0.234 e. The van der Waals surface area contributed by atoms with Crippen LogP contribution in [0, 0.1) is 0 Å². The van der Waals surface area contributed by atoms with Crippen molar-refractivity contribution >= 4 is 23.4 Å². The molecule has 0 bridgehead atoms. The number of hydrogen-bond acceptors (Lipinski definition) is 6. The number of nitrogens with one attached hydrogen (secondary N) is 1. The molecule has 0 fully saturated rings. The van der Waals surface area contributed by atoms with Gasteiger partial charge in [0.15, 0.2) is 16.7 Å². The molecule has 0 radical (unpaired) electrons. The fourth-order valence-corrected chi connectivity index (χ4v) is 2.99. The minimum atomic E-state index is -0.116. The highest BCUT2D eigenvalue weighted by Crippen LogP contribution is 2.30. The van der Waals surface area contributed by atoms with Crippen LogP contribution >= 0.6 is 11.8 Å². The lowest BCUT2D eigenvalue weighted by atomic mass is 10.2. The van der Waals surface area contributed by atoms with Crippen LogP contribution in [-0.2, 0) is 4.79 Å². The molecule has 0 aliphatic carbocycles. The van der Waals surface area contributed by atoms with Crippen molar-refractivity contribution in [1.29, 1.82) is 0 Å². The fourth-order valence-electron chi connectivity index (χ4n) is 2.15. The van der Waals surface area contributed by atoms with Crippen LogP contribution in [0.4, 0.5) is 5.69 Å². The summed E-state index contributed by atoms with van der Waals surface area (Å²) in [4.78, 5) is 12.2. The van der Waals surface area contributed by atoms with Crippen molar-refractivity contribution in [3.63, 3.8) is 0 Å². The quantitative estimate of drug-likeness (QED) is 0.687. The highest BCUT2D eigenvalue weighted by Gasteiger charge is 2.12. The van der Waals surface area contributed by atoms with Gasteiger partial charge in [-0.3, -0.25) is 4.79 Å². The Kier molecular flexibility index (Phi) is 7.12. The summed E-state index contributed by atoms with van der Waals surface area (Å²) in [6.45, 7) is 8.99. The second-order valence-corrected chi connectivity index (χ2v) is 6.42. The smallest absolute Gasteiger partial charge is 0.234 e. The maximum absolute atomic E-state index is 12.2. The van der Waals surface area contributed by atoms with Gasteiger partial charge in [0.2, 0.25) is 5.91 Å². The number of carbonyl (C=O) groups is 1. The first-order valence-corrected chi connectivity index (χ1v) is 9.25. The van der Waals surface area contributed by atoms with Crippen molar-refractivity contribution < 1.29 is 14.3 Å². The highest BCUT2D eigenvalue weighted by atomic mass is 32.2. The Morgan fingerprint density at radius 2 is 1.96 bits per heavy atom. The van der Waals surface area contributed by atoms with Crippen molar-refractivity contribution in [1.82, 2.24) is 14.8 Å². The van der Waals surface area contributed by atoms with E-state index in [0.717, 1.165) is 5.16 Å². The van der Waals surface area contributed by atoms with Crippen molar-refractivity contribution in [3.8, 4) is 11.5 Å². The Labute approximate surface area is 152 Å². The zero-order chi connectivity index (χ0) is 18.2. The number of hydrogen-bond donors (Lipinski definition) is 1. The molecule has 1 aromatic heterocycles. The lowest BCUT2D eigenvalue weighted by Gasteiger charge is -2.13. The summed E-state index contributed by atoms with van der Waals surface area (Å²) in [6, 6.07) is 5.62. The Morgan fingerprint density at radius 1 is 1.24 bits per heavy atom. The van der Waals surface area contributed by atoms with Gasteiger partial charge in [-0.15, -0.1) is 10.2 Å². The van der Waals surface area contributed by atoms with Crippen LogP contribution in [0.1, 0.15) is 33.7 Å². The van der Waals surface area contributed by atoms with E-state index < -0.39 is 0 Å². The van der Waals surface area contributed by atoms with E-state index in [2.05, 4.69) is 15.5 Å². The summed E-state index contributed by atoms with van der Waals surface area (Å²) < 4.78 is 13.0. The van der Waals surface area contributed by atoms with E-state index in [1.54, 1.807) is 24.5 Å². The maximum atomic E-state index is 12.2. The van der Waals surface area contributed by atoms with E-state index in [0.29, 0.717) is 30.4 Å². The van der Waals surface area contributed by atoms with Gasteiger partial charge in [0.25, 0.3) is 0 Å². The number of thioether (sulfide) groups is 1. The predicted octanol–water partition coefficient (Wildman–Crippen LogP) is 3.39. The monoisotopic (exact) mass is 364 g/mol. The van der Waals surface area contributed by atoms with E-state index in [1.807, 2.05) is 32.3 Å². The molecule has 1 N–H and O–H groups in total. The third kappa shape index (κ3) is 5.38. The topological polar surface area (TPSA) is 78.3 Å². The molecule has 0 saturated heterocycles. The van der Waals surface area contributed by atoms with E-state index in [4.69, 9.17) is 9.47 Å². The zero-order valence-corrected chi connectivity index (χ0v) is 15.8. The Morgan fingerprint density at radius 3 is 2.64 bits per heavy atom. The Hall–Kier alpha value is -2.22. The minimum Gasteiger partial charge on any atom is -0.490 e. The summed E-state index contributed by atoms with van der Waals surface area (Å²) in [7, 11) is 0. The van der Waals surface area contributed by atoms with Crippen LogP contribution in [0.5, 0.6) is 11.5 Å². The van der Waals surface area contributed by atoms with E-state index in [9.17, 15) is 4.79 Å². The lowest BCUT2D eigenvalue weighted by molar-refractivity contribution is -0.113. The van der Waals surface area contributed by atoms with Crippen molar-refractivity contribution in [2.24, 2.45) is 0 Å². The predicted molar refractivity (Wildman–Crippen MR) is 98.5 cm³/mol. The first-order valence-electron chi connectivity index (χ1n) is 8.26. The SMILES string of the molecule is CCOc1ccc(NC(=O)CSc2nncn2C(C)C)cc1OCC. The molecule has 0 atom stereocenters. The molecule has 2 rings (SSSR count). The molecule has 2 aromatic rings. The molecule has 8 heteroatoms. The minimum absolute atomic E-state index is 0.116. The van der Waals surface area contributed by atoms with Gasteiger partial charge in [-0.25, -0.2) is 0 Å². The van der Waals surface area contributed by atoms with Crippen LogP contribution < -0.4 is 14.8 Å². The average Bonchev–Trinajstić information content (AvgIpc) is 3.04. The molecule has 0 unspecified atom stereocenters. The van der Waals surface area contributed by atoms with Crippen molar-refractivity contribution in [2.75, 3.05) is 24.3 Å². The number of aromatic nitrogens is 3. The second kappa shape index (κ2) is 9.31. The van der Waals surface area contributed by atoms with Gasteiger partial charge in [-0.2, -0.15) is 0 Å². The third-order valence-corrected chi connectivity index (χ3v) is 4.21. The molecule has 136 valence electrons. The summed E-state index contributed by atoms with van der Waals surface area (Å²) in [5.41, 5.74) is 0.669. The molecule has 1 aromatic carbocycles. The number of carbonyl (C=O) groups excluding carboxylic acids is 1. The molecular formula is C17H24N4O3S. The molecule has 0 aliphatic heterocycles. The Bertz CT molecular complexity index is 703. The van der Waals surface area contributed by atoms with Gasteiger partial charge < -0.3 is 19.4 Å². The number of amides is 1. The molecule has 7 nitrogen and oxygen atoms in total. The van der Waals surface area contributed by atoms with Crippen LogP contribution in [0.2, 0.25) is 0 Å². The molecule has 25 heavy (non-hydrogen) atoms. The summed E-state index contributed by atoms with van der Waals surface area (Å²) in [5.74, 6) is 1.42. The van der Waals surface area contributed by atoms with Crippen molar-refractivity contribution in [2.45, 2.75) is 38.9 Å². The molecule has 0 saturated carbocycles. The Balaban J connectivity index is 1.97. The molecule has 1 amide bonds. The normalized spacial score (nSPS) is 10.8. The zero-order valence-electron chi connectivity index (χ0n) is 15.0. The van der Waals surface area contributed by atoms with Gasteiger partial charge >= 0.3 is 0 Å². The number of nitrogens with zero attached hydrogens (tertiary/aromatic N) is 3. The molecule has 0 spiro atoms. The van der Waals surface area contributed by atoms with Gasteiger partial charge in [-0.05, 0) is 39.8 Å². The van der Waals surface area contributed by atoms with E-state index in [-0.39, 0.29) is 17.7 Å². The number of ether oxygens (including phenoxy) is 2. The lowest BCUT2D eigenvalue weighted by Crippen LogP contribution is -2.15. The van der Waals surface area contributed by atoms with Gasteiger partial charge in [0.05, 0.1) is 19.0 Å². The highest BCUT2D eigenvalue weighted by molar-refractivity contribution is 7.99. The summed E-state index contributed by atoms with van der Waals surface area (Å²) in [6.07, 6.45) is 1.67. The first-order chi connectivity index (χ1) is 12.0. The second-order valence-electron chi connectivity index (χ2n) is 5.48. The van der Waals surface area contributed by atoms with Crippen molar-refractivity contribution in [3.05, 3.63) is 24.5 Å². The van der Waals surface area contributed by atoms with Gasteiger partial charge in [-0.1, -0.05) is 11.8 Å². The first kappa shape index (κ1) is 19.1. The largest absolute Gasteiger partial charge is 0.490 e. The standard InChI is InChI=1S/C17H24N4O3S/c1-5-23-14-8-7-13(9-15(14)24-6-2)19-16(22)10-25-17-20-18-11-21(17)12(3)4/h7-9,11-12H,5-6,10H2,1-4H3,(H,19,22). The van der Waals surface area contributed by atoms with Crippen LogP contribution in [0.25, 0.3) is 0 Å². The summed E-state index contributed by atoms with van der Waals surface area (Å²) >= 11 is 1.36. The van der Waals surface area contributed by atoms with Crippen LogP contribution in [-0.4, -0.2) is 39.6 Å². The molecule has 1 heterocycles. The number of rotatable bonds is 9. The van der Waals surface area contributed by atoms with Crippen LogP contribution in [0.15, 0.2) is 29.7 Å². The van der Waals surface area contributed by atoms with Gasteiger partial charge in [0.1, 0.15) is 6.33 Å².